The highest BCUT2D eigenvalue weighted by Gasteiger charge is 2.69. The molecule has 6 aromatic rings. The predicted molar refractivity (Wildman–Crippen MR) is 139 cm³/mol. The minimum absolute atomic E-state index is 0.248. The van der Waals surface area contributed by atoms with Crippen LogP contribution in [-0.4, -0.2) is 0 Å². The smallest absolute Gasteiger partial charge is 0.0613 e. The highest BCUT2D eigenvalue weighted by Crippen LogP contribution is 2.75. The van der Waals surface area contributed by atoms with Crippen molar-refractivity contribution < 1.29 is 0 Å². The van der Waals surface area contributed by atoms with Crippen LogP contribution >= 0.6 is 15.9 Å². The van der Waals surface area contributed by atoms with Crippen molar-refractivity contribution >= 4 is 48.2 Å². The Labute approximate surface area is 199 Å². The molecule has 0 spiro atoms. The van der Waals surface area contributed by atoms with E-state index in [1.165, 1.54) is 65.7 Å². The lowest BCUT2D eigenvalue weighted by Gasteiger charge is -2.40. The van der Waals surface area contributed by atoms with Crippen LogP contribution in [0.2, 0.25) is 0 Å². The maximum atomic E-state index is 3.88. The highest BCUT2D eigenvalue weighted by atomic mass is 79.9. The number of hydrogen-bond donors (Lipinski definition) is 0. The molecule has 9 rings (SSSR count). The number of halogens is 1. The van der Waals surface area contributed by atoms with Gasteiger partial charge in [-0.25, -0.2) is 0 Å². The third kappa shape index (κ3) is 1.51. The Morgan fingerprint density at radius 2 is 0.758 bits per heavy atom. The van der Waals surface area contributed by atoms with Crippen LogP contribution in [0.4, 0.5) is 0 Å². The van der Waals surface area contributed by atoms with Gasteiger partial charge in [0.25, 0.3) is 0 Å². The summed E-state index contributed by atoms with van der Waals surface area (Å²) in [6, 6.07) is 39.4. The molecule has 33 heavy (non-hydrogen) atoms. The highest BCUT2D eigenvalue weighted by molar-refractivity contribution is 9.10. The summed E-state index contributed by atoms with van der Waals surface area (Å²) >= 11 is 3.88. The second-order valence-electron chi connectivity index (χ2n) is 9.78. The van der Waals surface area contributed by atoms with Crippen molar-refractivity contribution in [2.75, 3.05) is 0 Å². The van der Waals surface area contributed by atoms with E-state index in [1.807, 2.05) is 0 Å². The molecule has 0 atom stereocenters. The Hall–Kier alpha value is -3.42. The molecule has 0 heterocycles. The third-order valence-corrected chi connectivity index (χ3v) is 9.20. The van der Waals surface area contributed by atoms with Gasteiger partial charge in [-0.3, -0.25) is 0 Å². The molecule has 0 radical (unpaired) electrons. The van der Waals surface area contributed by atoms with Gasteiger partial charge in [0.15, 0.2) is 0 Å². The van der Waals surface area contributed by atoms with Crippen LogP contribution in [0.5, 0.6) is 0 Å². The van der Waals surface area contributed by atoms with Crippen LogP contribution in [0.25, 0.3) is 32.3 Å². The predicted octanol–water partition coefficient (Wildman–Crippen LogP) is 8.22. The Morgan fingerprint density at radius 1 is 0.394 bits per heavy atom. The third-order valence-electron chi connectivity index (χ3n) is 8.74. The molecule has 0 aliphatic heterocycles. The van der Waals surface area contributed by atoms with Gasteiger partial charge in [-0.2, -0.15) is 0 Å². The van der Waals surface area contributed by atoms with Crippen molar-refractivity contribution in [3.8, 4) is 0 Å². The van der Waals surface area contributed by atoms with Crippen LogP contribution in [-0.2, 0) is 10.8 Å². The zero-order valence-electron chi connectivity index (χ0n) is 17.7. The monoisotopic (exact) mass is 480 g/mol. The Balaban J connectivity index is 1.68. The lowest BCUT2D eigenvalue weighted by Crippen LogP contribution is -2.42. The Kier molecular flexibility index (Phi) is 2.70. The van der Waals surface area contributed by atoms with Gasteiger partial charge in [0.2, 0.25) is 0 Å². The molecule has 0 fully saturated rings. The molecule has 0 bridgehead atoms. The number of hydrogen-bond acceptors (Lipinski definition) is 0. The van der Waals surface area contributed by atoms with Crippen molar-refractivity contribution in [3.05, 3.63) is 141 Å². The fraction of sp³-hybridized carbons (Fsp3) is 0.0625. The summed E-state index contributed by atoms with van der Waals surface area (Å²) in [7, 11) is 0. The molecule has 0 nitrogen and oxygen atoms in total. The summed E-state index contributed by atoms with van der Waals surface area (Å²) < 4.78 is 1.15. The molecular formula is C32H17Br. The summed E-state index contributed by atoms with van der Waals surface area (Å²) in [5.41, 5.74) is 8.21. The van der Waals surface area contributed by atoms with Crippen molar-refractivity contribution in [2.45, 2.75) is 10.8 Å². The summed E-state index contributed by atoms with van der Waals surface area (Å²) in [6.07, 6.45) is 0. The number of rotatable bonds is 0. The molecule has 0 unspecified atom stereocenters. The molecule has 0 saturated heterocycles. The van der Waals surface area contributed by atoms with E-state index < -0.39 is 0 Å². The van der Waals surface area contributed by atoms with Crippen LogP contribution in [0.1, 0.15) is 33.4 Å². The molecule has 0 amide bonds. The van der Waals surface area contributed by atoms with Crippen LogP contribution in [0.15, 0.2) is 108 Å². The molecule has 1 heteroatoms. The van der Waals surface area contributed by atoms with E-state index in [0.717, 1.165) is 4.47 Å². The second-order valence-corrected chi connectivity index (χ2v) is 10.7. The standard InChI is InChI=1S/C32H17Br/c33-21-16-20-10-5-15-26-30(20)27(17-21)32-24-13-3-8-18-6-1-11-22(28(18)24)31(26,32)23-12-2-7-19-9-4-14-25(32)29(19)23/h1-17H. The summed E-state index contributed by atoms with van der Waals surface area (Å²) in [6.45, 7) is 0. The van der Waals surface area contributed by atoms with Crippen molar-refractivity contribution in [1.82, 2.24) is 0 Å². The van der Waals surface area contributed by atoms with Gasteiger partial charge in [0, 0.05) is 4.47 Å². The molecule has 6 aromatic carbocycles. The van der Waals surface area contributed by atoms with Gasteiger partial charge in [0.05, 0.1) is 10.8 Å². The van der Waals surface area contributed by atoms with E-state index >= 15 is 0 Å². The fourth-order valence-electron chi connectivity index (χ4n) is 8.01. The van der Waals surface area contributed by atoms with Gasteiger partial charge in [-0.1, -0.05) is 107 Å². The first-order chi connectivity index (χ1) is 16.3. The molecule has 0 N–H and O–H groups in total. The maximum Gasteiger partial charge on any atom is 0.0648 e. The van der Waals surface area contributed by atoms with Gasteiger partial charge < -0.3 is 0 Å². The number of benzene rings is 6. The van der Waals surface area contributed by atoms with E-state index in [-0.39, 0.29) is 10.8 Å². The average molecular weight is 481 g/mol. The van der Waals surface area contributed by atoms with Gasteiger partial charge in [-0.15, -0.1) is 0 Å². The fourth-order valence-corrected chi connectivity index (χ4v) is 8.49. The van der Waals surface area contributed by atoms with E-state index in [0.29, 0.717) is 0 Å². The molecule has 0 saturated carbocycles. The maximum absolute atomic E-state index is 3.88. The van der Waals surface area contributed by atoms with E-state index in [9.17, 15) is 0 Å². The lowest BCUT2D eigenvalue weighted by atomic mass is 9.59. The van der Waals surface area contributed by atoms with Crippen molar-refractivity contribution in [1.29, 1.82) is 0 Å². The average Bonchev–Trinajstić information content (AvgIpc) is 3.37. The lowest BCUT2D eigenvalue weighted by molar-refractivity contribution is 0.491. The first-order valence-corrected chi connectivity index (χ1v) is 12.4. The zero-order chi connectivity index (χ0) is 21.5. The van der Waals surface area contributed by atoms with Crippen LogP contribution in [0.3, 0.4) is 0 Å². The normalized spacial score (nSPS) is 22.9. The molecule has 3 aliphatic rings. The second kappa shape index (κ2) is 5.21. The van der Waals surface area contributed by atoms with E-state index in [4.69, 9.17) is 0 Å². The SMILES string of the molecule is Brc1cc2c3c(cccc3c1)C13c4cccc5cccc(c45)C21c1cccc2cccc3c12. The van der Waals surface area contributed by atoms with Gasteiger partial charge in [-0.05, 0) is 77.8 Å². The van der Waals surface area contributed by atoms with E-state index in [2.05, 4.69) is 119 Å². The van der Waals surface area contributed by atoms with Crippen LogP contribution in [0, 0.1) is 0 Å². The molecule has 3 aliphatic carbocycles. The minimum Gasteiger partial charge on any atom is -0.0613 e. The topological polar surface area (TPSA) is 0 Å². The minimum atomic E-state index is -0.259. The Bertz CT molecular complexity index is 1790. The molecular weight excluding hydrogens is 464 g/mol. The summed E-state index contributed by atoms with van der Waals surface area (Å²) in [4.78, 5) is 0. The van der Waals surface area contributed by atoms with Gasteiger partial charge >= 0.3 is 0 Å². The first-order valence-electron chi connectivity index (χ1n) is 11.6. The van der Waals surface area contributed by atoms with E-state index in [1.54, 1.807) is 0 Å². The quantitative estimate of drug-likeness (QED) is 0.205. The Morgan fingerprint density at radius 3 is 1.21 bits per heavy atom. The molecule has 152 valence electrons. The van der Waals surface area contributed by atoms with Crippen LogP contribution < -0.4 is 0 Å². The first kappa shape index (κ1) is 17.1. The zero-order valence-corrected chi connectivity index (χ0v) is 19.3. The molecule has 0 aromatic heterocycles. The largest absolute Gasteiger partial charge is 0.0648 e. The summed E-state index contributed by atoms with van der Waals surface area (Å²) in [5.74, 6) is 0. The summed E-state index contributed by atoms with van der Waals surface area (Å²) in [5, 5.41) is 8.31. The van der Waals surface area contributed by atoms with Crippen molar-refractivity contribution in [3.63, 3.8) is 0 Å². The van der Waals surface area contributed by atoms with Crippen molar-refractivity contribution in [2.24, 2.45) is 0 Å². The van der Waals surface area contributed by atoms with Gasteiger partial charge in [0.1, 0.15) is 0 Å².